The van der Waals surface area contributed by atoms with Crippen molar-refractivity contribution in [1.29, 1.82) is 0 Å². The zero-order chi connectivity index (χ0) is 19.1. The van der Waals surface area contributed by atoms with Crippen LogP contribution in [0.25, 0.3) is 0 Å². The summed E-state index contributed by atoms with van der Waals surface area (Å²) in [6.45, 7) is 7.49. The first-order valence-electron chi connectivity index (χ1n) is 9.26. The second-order valence-corrected chi connectivity index (χ2v) is 7.74. The number of hydrogen-bond acceptors (Lipinski definition) is 3. The van der Waals surface area contributed by atoms with Gasteiger partial charge < -0.3 is 10.2 Å². The molecule has 1 aromatic rings. The molecule has 2 saturated heterocycles. The second kappa shape index (κ2) is 6.74. The van der Waals surface area contributed by atoms with Gasteiger partial charge in [-0.1, -0.05) is 29.8 Å². The van der Waals surface area contributed by atoms with Crippen LogP contribution in [-0.2, 0) is 15.1 Å². The summed E-state index contributed by atoms with van der Waals surface area (Å²) in [6, 6.07) is 7.26. The lowest BCUT2D eigenvalue weighted by Crippen LogP contribution is -2.52. The highest BCUT2D eigenvalue weighted by Crippen LogP contribution is 2.30. The van der Waals surface area contributed by atoms with Crippen LogP contribution < -0.4 is 5.32 Å². The Labute approximate surface area is 154 Å². The van der Waals surface area contributed by atoms with Crippen LogP contribution in [0.2, 0.25) is 0 Å². The van der Waals surface area contributed by atoms with Crippen LogP contribution in [0.3, 0.4) is 0 Å². The Kier molecular flexibility index (Phi) is 4.78. The number of likely N-dealkylation sites (tertiary alicyclic amines) is 1. The summed E-state index contributed by atoms with van der Waals surface area (Å²) in [5, 5.41) is 2.76. The summed E-state index contributed by atoms with van der Waals surface area (Å²) >= 11 is 0. The molecule has 3 rings (SSSR count). The van der Waals surface area contributed by atoms with Crippen LogP contribution >= 0.6 is 0 Å². The summed E-state index contributed by atoms with van der Waals surface area (Å²) in [5.74, 6) is -0.543. The molecule has 26 heavy (non-hydrogen) atoms. The molecule has 0 bridgehead atoms. The highest BCUT2D eigenvalue weighted by molar-refractivity contribution is 6.09. The third-order valence-corrected chi connectivity index (χ3v) is 5.68. The van der Waals surface area contributed by atoms with Crippen molar-refractivity contribution in [3.63, 3.8) is 0 Å². The van der Waals surface area contributed by atoms with Crippen molar-refractivity contribution >= 4 is 17.8 Å². The number of benzene rings is 1. The summed E-state index contributed by atoms with van der Waals surface area (Å²) in [7, 11) is 0. The molecule has 0 spiro atoms. The Hall–Kier alpha value is -2.37. The Balaban J connectivity index is 1.79. The van der Waals surface area contributed by atoms with Gasteiger partial charge in [0.15, 0.2) is 0 Å². The van der Waals surface area contributed by atoms with E-state index in [1.54, 1.807) is 6.92 Å². The van der Waals surface area contributed by atoms with Gasteiger partial charge in [0, 0.05) is 12.1 Å². The second-order valence-electron chi connectivity index (χ2n) is 7.74. The van der Waals surface area contributed by atoms with Crippen molar-refractivity contribution in [2.45, 2.75) is 64.6 Å². The average molecular weight is 357 g/mol. The van der Waals surface area contributed by atoms with Crippen molar-refractivity contribution < 1.29 is 14.4 Å². The fourth-order valence-electron chi connectivity index (χ4n) is 4.05. The van der Waals surface area contributed by atoms with E-state index in [9.17, 15) is 14.4 Å². The maximum atomic E-state index is 13.0. The average Bonchev–Trinajstić information content (AvgIpc) is 2.79. The van der Waals surface area contributed by atoms with Gasteiger partial charge in [0.25, 0.3) is 5.91 Å². The van der Waals surface area contributed by atoms with Gasteiger partial charge in [-0.25, -0.2) is 4.79 Å². The number of piperidine rings is 1. The van der Waals surface area contributed by atoms with Gasteiger partial charge in [-0.2, -0.15) is 0 Å². The van der Waals surface area contributed by atoms with E-state index in [0.717, 1.165) is 35.3 Å². The molecule has 0 saturated carbocycles. The van der Waals surface area contributed by atoms with Gasteiger partial charge in [0.1, 0.15) is 12.1 Å². The highest BCUT2D eigenvalue weighted by atomic mass is 16.2. The van der Waals surface area contributed by atoms with Crippen molar-refractivity contribution in [3.05, 3.63) is 35.4 Å². The first kappa shape index (κ1) is 18.4. The molecule has 2 fully saturated rings. The molecule has 1 aromatic carbocycles. The van der Waals surface area contributed by atoms with Gasteiger partial charge in [-0.15, -0.1) is 0 Å². The van der Waals surface area contributed by atoms with Crippen LogP contribution in [0.1, 0.15) is 51.2 Å². The minimum atomic E-state index is -1.13. The SMILES string of the molecule is Cc1ccc([C@]2(C)NC(=O)N(CC(=O)N3[C@@H](C)CCC[C@@H]3C)C2=O)cc1. The van der Waals surface area contributed by atoms with E-state index >= 15 is 0 Å². The van der Waals surface area contributed by atoms with Gasteiger partial charge in [0.2, 0.25) is 5.91 Å². The Morgan fingerprint density at radius 2 is 1.73 bits per heavy atom. The third-order valence-electron chi connectivity index (χ3n) is 5.68. The van der Waals surface area contributed by atoms with E-state index in [0.29, 0.717) is 0 Å². The van der Waals surface area contributed by atoms with E-state index in [1.807, 2.05) is 49.9 Å². The van der Waals surface area contributed by atoms with Crippen molar-refractivity contribution in [1.82, 2.24) is 15.1 Å². The lowest BCUT2D eigenvalue weighted by Gasteiger charge is -2.39. The quantitative estimate of drug-likeness (QED) is 0.845. The lowest BCUT2D eigenvalue weighted by atomic mass is 9.91. The number of aryl methyl sites for hydroxylation is 1. The molecular weight excluding hydrogens is 330 g/mol. The molecule has 140 valence electrons. The fourth-order valence-corrected chi connectivity index (χ4v) is 4.05. The number of carbonyl (C=O) groups is 3. The van der Waals surface area contributed by atoms with E-state index in [1.165, 1.54) is 0 Å². The Bertz CT molecular complexity index is 720. The molecule has 0 radical (unpaired) electrons. The molecule has 4 amide bonds. The molecule has 0 unspecified atom stereocenters. The van der Waals surface area contributed by atoms with E-state index in [4.69, 9.17) is 0 Å². The number of nitrogens with one attached hydrogen (secondary N) is 1. The number of nitrogens with zero attached hydrogens (tertiary/aromatic N) is 2. The largest absolute Gasteiger partial charge is 0.336 e. The molecule has 3 atom stereocenters. The van der Waals surface area contributed by atoms with Crippen molar-refractivity contribution in [2.75, 3.05) is 6.54 Å². The predicted molar refractivity (Wildman–Crippen MR) is 98.4 cm³/mol. The lowest BCUT2D eigenvalue weighted by molar-refractivity contribution is -0.142. The summed E-state index contributed by atoms with van der Waals surface area (Å²) < 4.78 is 0. The van der Waals surface area contributed by atoms with Gasteiger partial charge in [-0.05, 0) is 52.5 Å². The van der Waals surface area contributed by atoms with Gasteiger partial charge in [-0.3, -0.25) is 14.5 Å². The van der Waals surface area contributed by atoms with Crippen LogP contribution in [0.15, 0.2) is 24.3 Å². The number of amides is 4. The molecule has 6 nitrogen and oxygen atoms in total. The van der Waals surface area contributed by atoms with Gasteiger partial charge in [0.05, 0.1) is 0 Å². The molecule has 2 aliphatic rings. The minimum Gasteiger partial charge on any atom is -0.336 e. The number of hydrogen-bond donors (Lipinski definition) is 1. The van der Waals surface area contributed by atoms with E-state index < -0.39 is 11.6 Å². The number of imide groups is 1. The molecular formula is C20H27N3O3. The number of rotatable bonds is 3. The topological polar surface area (TPSA) is 69.7 Å². The summed E-state index contributed by atoms with van der Waals surface area (Å²) in [6.07, 6.45) is 3.01. The van der Waals surface area contributed by atoms with Crippen LogP contribution in [0.4, 0.5) is 4.79 Å². The highest BCUT2D eigenvalue weighted by Gasteiger charge is 2.50. The van der Waals surface area contributed by atoms with E-state index in [-0.39, 0.29) is 30.4 Å². The van der Waals surface area contributed by atoms with Crippen molar-refractivity contribution in [2.24, 2.45) is 0 Å². The molecule has 0 aliphatic carbocycles. The standard InChI is InChI=1S/C20H27N3O3/c1-13-8-10-16(11-9-13)20(4)18(25)22(19(26)21-20)12-17(24)23-14(2)6-5-7-15(23)3/h8-11,14-15H,5-7,12H2,1-4H3,(H,21,26)/t14-,15-,20-/m0/s1. The summed E-state index contributed by atoms with van der Waals surface area (Å²) in [5.41, 5.74) is 0.662. The summed E-state index contributed by atoms with van der Waals surface area (Å²) in [4.78, 5) is 41.1. The maximum absolute atomic E-state index is 13.0. The smallest absolute Gasteiger partial charge is 0.325 e. The molecule has 2 aliphatic heterocycles. The monoisotopic (exact) mass is 357 g/mol. The zero-order valence-corrected chi connectivity index (χ0v) is 15.9. The van der Waals surface area contributed by atoms with Crippen LogP contribution in [0.5, 0.6) is 0 Å². The van der Waals surface area contributed by atoms with Gasteiger partial charge >= 0.3 is 6.03 Å². The molecule has 6 heteroatoms. The molecule has 2 heterocycles. The first-order chi connectivity index (χ1) is 12.2. The fraction of sp³-hybridized carbons (Fsp3) is 0.550. The zero-order valence-electron chi connectivity index (χ0n) is 15.9. The first-order valence-corrected chi connectivity index (χ1v) is 9.26. The Morgan fingerprint density at radius 3 is 2.31 bits per heavy atom. The van der Waals surface area contributed by atoms with Crippen molar-refractivity contribution in [3.8, 4) is 0 Å². The number of carbonyl (C=O) groups excluding carboxylic acids is 3. The maximum Gasteiger partial charge on any atom is 0.325 e. The van der Waals surface area contributed by atoms with E-state index in [2.05, 4.69) is 5.32 Å². The Morgan fingerprint density at radius 1 is 1.15 bits per heavy atom. The molecule has 0 aromatic heterocycles. The normalized spacial score (nSPS) is 29.1. The van der Waals surface area contributed by atoms with Crippen LogP contribution in [-0.4, -0.2) is 46.3 Å². The number of urea groups is 1. The predicted octanol–water partition coefficient (Wildman–Crippen LogP) is 2.55. The third kappa shape index (κ3) is 3.08. The molecule has 1 N–H and O–H groups in total. The van der Waals surface area contributed by atoms with Crippen LogP contribution in [0, 0.1) is 6.92 Å². The minimum absolute atomic E-state index is 0.135.